The average molecular weight is 457 g/mol. The van der Waals surface area contributed by atoms with Crippen molar-refractivity contribution in [1.82, 2.24) is 10.6 Å². The molecule has 0 heterocycles. The molecule has 4 nitrogen and oxygen atoms in total. The van der Waals surface area contributed by atoms with Crippen LogP contribution >= 0.6 is 24.0 Å². The number of aryl methyl sites for hydroxylation is 1. The lowest BCUT2D eigenvalue weighted by molar-refractivity contribution is 0.408. The Morgan fingerprint density at radius 2 is 1.84 bits per heavy atom. The van der Waals surface area contributed by atoms with Gasteiger partial charge in [0.15, 0.2) is 5.96 Å². The molecule has 0 atom stereocenters. The first kappa shape index (κ1) is 21.2. The Kier molecular flexibility index (Phi) is 9.26. The summed E-state index contributed by atoms with van der Waals surface area (Å²) in [5.41, 5.74) is 3.18. The second kappa shape index (κ2) is 10.9. The van der Waals surface area contributed by atoms with Crippen molar-refractivity contribution in [3.05, 3.63) is 65.0 Å². The highest BCUT2D eigenvalue weighted by molar-refractivity contribution is 14.0. The predicted octanol–water partition coefficient (Wildman–Crippen LogP) is 4.02. The standard InChI is InChI=1S/C19H24FN3O.HI/c1-4-21-19(22-12-15-6-9-17(20)10-7-15)23-13-16-8-5-14(2)11-18(16)24-3;/h5-11H,4,12-13H2,1-3H3,(H2,21,22,23);1H. The summed E-state index contributed by atoms with van der Waals surface area (Å²) in [5.74, 6) is 1.33. The molecular formula is C19H25FIN3O. The van der Waals surface area contributed by atoms with E-state index in [1.165, 1.54) is 12.1 Å². The van der Waals surface area contributed by atoms with E-state index in [9.17, 15) is 4.39 Å². The maximum absolute atomic E-state index is 12.9. The molecule has 136 valence electrons. The third-order valence-electron chi connectivity index (χ3n) is 3.57. The summed E-state index contributed by atoms with van der Waals surface area (Å²) in [4.78, 5) is 4.53. The molecule has 0 fully saturated rings. The number of methoxy groups -OCH3 is 1. The SMILES string of the molecule is CCNC(=NCc1ccc(F)cc1)NCc1ccc(C)cc1OC.I. The monoisotopic (exact) mass is 457 g/mol. The molecule has 0 aliphatic carbocycles. The maximum Gasteiger partial charge on any atom is 0.191 e. The topological polar surface area (TPSA) is 45.7 Å². The lowest BCUT2D eigenvalue weighted by Crippen LogP contribution is -2.36. The van der Waals surface area contributed by atoms with Gasteiger partial charge in [0.2, 0.25) is 0 Å². The minimum Gasteiger partial charge on any atom is -0.496 e. The lowest BCUT2D eigenvalue weighted by Gasteiger charge is -2.14. The summed E-state index contributed by atoms with van der Waals surface area (Å²) >= 11 is 0. The molecule has 2 aromatic carbocycles. The zero-order valence-electron chi connectivity index (χ0n) is 14.8. The molecule has 2 N–H and O–H groups in total. The van der Waals surface area contributed by atoms with Crippen molar-refractivity contribution in [1.29, 1.82) is 0 Å². The van der Waals surface area contributed by atoms with Crippen LogP contribution in [0.1, 0.15) is 23.6 Å². The highest BCUT2D eigenvalue weighted by Gasteiger charge is 2.05. The van der Waals surface area contributed by atoms with Crippen LogP contribution in [0.15, 0.2) is 47.5 Å². The molecule has 2 rings (SSSR count). The lowest BCUT2D eigenvalue weighted by atomic mass is 10.1. The van der Waals surface area contributed by atoms with E-state index >= 15 is 0 Å². The van der Waals surface area contributed by atoms with Crippen molar-refractivity contribution in [3.8, 4) is 5.75 Å². The number of rotatable bonds is 6. The Morgan fingerprint density at radius 3 is 2.48 bits per heavy atom. The van der Waals surface area contributed by atoms with Crippen molar-refractivity contribution in [2.75, 3.05) is 13.7 Å². The van der Waals surface area contributed by atoms with Crippen molar-refractivity contribution >= 4 is 29.9 Å². The van der Waals surface area contributed by atoms with Gasteiger partial charge in [0.25, 0.3) is 0 Å². The first-order valence-corrected chi connectivity index (χ1v) is 8.02. The summed E-state index contributed by atoms with van der Waals surface area (Å²) in [6.07, 6.45) is 0. The van der Waals surface area contributed by atoms with Crippen LogP contribution in [0.2, 0.25) is 0 Å². The summed E-state index contributed by atoms with van der Waals surface area (Å²) in [7, 11) is 1.67. The summed E-state index contributed by atoms with van der Waals surface area (Å²) < 4.78 is 18.4. The molecule has 0 radical (unpaired) electrons. The molecule has 2 aromatic rings. The smallest absolute Gasteiger partial charge is 0.191 e. The van der Waals surface area contributed by atoms with Gasteiger partial charge >= 0.3 is 0 Å². The van der Waals surface area contributed by atoms with E-state index in [1.807, 2.05) is 26.0 Å². The number of nitrogens with one attached hydrogen (secondary N) is 2. The Morgan fingerprint density at radius 1 is 1.12 bits per heavy atom. The molecule has 0 saturated heterocycles. The van der Waals surface area contributed by atoms with Gasteiger partial charge < -0.3 is 15.4 Å². The fourth-order valence-corrected chi connectivity index (χ4v) is 2.28. The van der Waals surface area contributed by atoms with Gasteiger partial charge in [-0.2, -0.15) is 0 Å². The van der Waals surface area contributed by atoms with Crippen LogP contribution in [0.5, 0.6) is 5.75 Å². The van der Waals surface area contributed by atoms with E-state index in [1.54, 1.807) is 19.2 Å². The number of nitrogens with zero attached hydrogens (tertiary/aromatic N) is 1. The molecule has 0 saturated carbocycles. The van der Waals surface area contributed by atoms with Gasteiger partial charge in [-0.05, 0) is 43.2 Å². The van der Waals surface area contributed by atoms with Gasteiger partial charge in [0.05, 0.1) is 13.7 Å². The van der Waals surface area contributed by atoms with Crippen molar-refractivity contribution in [2.45, 2.75) is 26.9 Å². The summed E-state index contributed by atoms with van der Waals surface area (Å²) in [5, 5.41) is 6.50. The van der Waals surface area contributed by atoms with E-state index in [0.717, 1.165) is 29.0 Å². The Balaban J connectivity index is 0.00000312. The van der Waals surface area contributed by atoms with Crippen LogP contribution in [0.25, 0.3) is 0 Å². The molecule has 0 unspecified atom stereocenters. The fourth-order valence-electron chi connectivity index (χ4n) is 2.28. The van der Waals surface area contributed by atoms with Gasteiger partial charge in [0, 0.05) is 18.7 Å². The molecule has 0 aliphatic heterocycles. The Bertz CT molecular complexity index is 690. The number of benzene rings is 2. The number of hydrogen-bond donors (Lipinski definition) is 2. The second-order valence-electron chi connectivity index (χ2n) is 5.49. The Labute approximate surface area is 165 Å². The molecular weight excluding hydrogens is 432 g/mol. The van der Waals surface area contributed by atoms with Gasteiger partial charge in [-0.15, -0.1) is 24.0 Å². The van der Waals surface area contributed by atoms with Crippen molar-refractivity contribution in [3.63, 3.8) is 0 Å². The fraction of sp³-hybridized carbons (Fsp3) is 0.316. The van der Waals surface area contributed by atoms with E-state index in [0.29, 0.717) is 19.0 Å². The highest BCUT2D eigenvalue weighted by Crippen LogP contribution is 2.19. The van der Waals surface area contributed by atoms with Crippen LogP contribution < -0.4 is 15.4 Å². The number of ether oxygens (including phenoxy) is 1. The molecule has 0 spiro atoms. The number of hydrogen-bond acceptors (Lipinski definition) is 2. The largest absolute Gasteiger partial charge is 0.496 e. The molecule has 0 amide bonds. The zero-order chi connectivity index (χ0) is 17.4. The van der Waals surface area contributed by atoms with Gasteiger partial charge in [-0.1, -0.05) is 24.3 Å². The van der Waals surface area contributed by atoms with Crippen LogP contribution in [0, 0.1) is 12.7 Å². The average Bonchev–Trinajstić information content (AvgIpc) is 2.59. The number of halogens is 2. The van der Waals surface area contributed by atoms with Gasteiger partial charge in [0.1, 0.15) is 11.6 Å². The van der Waals surface area contributed by atoms with Crippen LogP contribution in [-0.2, 0) is 13.1 Å². The van der Waals surface area contributed by atoms with Gasteiger partial charge in [-0.25, -0.2) is 9.38 Å². The number of guanidine groups is 1. The molecule has 0 bridgehead atoms. The summed E-state index contributed by atoms with van der Waals surface area (Å²) in [6.45, 7) is 5.91. The quantitative estimate of drug-likeness (QED) is 0.392. The minimum atomic E-state index is -0.237. The van der Waals surface area contributed by atoms with Crippen molar-refractivity contribution < 1.29 is 9.13 Å². The maximum atomic E-state index is 12.9. The van der Waals surface area contributed by atoms with E-state index < -0.39 is 0 Å². The first-order chi connectivity index (χ1) is 11.6. The highest BCUT2D eigenvalue weighted by atomic mass is 127. The van der Waals surface area contributed by atoms with E-state index in [-0.39, 0.29) is 29.8 Å². The normalized spacial score (nSPS) is 10.8. The molecule has 6 heteroatoms. The minimum absolute atomic E-state index is 0. The van der Waals surface area contributed by atoms with E-state index in [2.05, 4.69) is 21.7 Å². The van der Waals surface area contributed by atoms with E-state index in [4.69, 9.17) is 4.74 Å². The van der Waals surface area contributed by atoms with Gasteiger partial charge in [-0.3, -0.25) is 0 Å². The van der Waals surface area contributed by atoms with Crippen molar-refractivity contribution in [2.24, 2.45) is 4.99 Å². The van der Waals surface area contributed by atoms with Crippen LogP contribution in [0.4, 0.5) is 4.39 Å². The first-order valence-electron chi connectivity index (χ1n) is 8.02. The van der Waals surface area contributed by atoms with Crippen LogP contribution in [0.3, 0.4) is 0 Å². The number of aliphatic imine (C=N–C) groups is 1. The summed E-state index contributed by atoms with van der Waals surface area (Å²) in [6, 6.07) is 12.5. The molecule has 0 aromatic heterocycles. The predicted molar refractivity (Wildman–Crippen MR) is 111 cm³/mol. The molecule has 25 heavy (non-hydrogen) atoms. The third-order valence-corrected chi connectivity index (χ3v) is 3.57. The second-order valence-corrected chi connectivity index (χ2v) is 5.49. The Hall–Kier alpha value is -1.83. The third kappa shape index (κ3) is 6.89. The zero-order valence-corrected chi connectivity index (χ0v) is 17.1. The van der Waals surface area contributed by atoms with Crippen LogP contribution in [-0.4, -0.2) is 19.6 Å². The molecule has 0 aliphatic rings.